The zero-order valence-corrected chi connectivity index (χ0v) is 14.2. The van der Waals surface area contributed by atoms with E-state index >= 15 is 0 Å². The highest BCUT2D eigenvalue weighted by atomic mass is 32.2. The molecule has 5 nitrogen and oxygen atoms in total. The first kappa shape index (κ1) is 16.6. The molecule has 1 aliphatic rings. The van der Waals surface area contributed by atoms with E-state index in [-0.39, 0.29) is 11.8 Å². The van der Waals surface area contributed by atoms with Gasteiger partial charge in [0, 0.05) is 18.1 Å². The maximum absolute atomic E-state index is 13.8. The van der Waals surface area contributed by atoms with Crippen LogP contribution in [0.5, 0.6) is 11.5 Å². The van der Waals surface area contributed by atoms with Gasteiger partial charge in [-0.3, -0.25) is 4.72 Å². The number of halogens is 1. The highest BCUT2D eigenvalue weighted by molar-refractivity contribution is 7.92. The molecule has 2 aromatic carbocycles. The van der Waals surface area contributed by atoms with Gasteiger partial charge in [-0.05, 0) is 32.0 Å². The fourth-order valence-electron chi connectivity index (χ4n) is 2.66. The number of hydrogen-bond acceptors (Lipinski definition) is 4. The van der Waals surface area contributed by atoms with Crippen LogP contribution in [0.3, 0.4) is 0 Å². The van der Waals surface area contributed by atoms with Gasteiger partial charge in [0.15, 0.2) is 0 Å². The van der Waals surface area contributed by atoms with Crippen molar-refractivity contribution < 1.29 is 22.3 Å². The Balaban J connectivity index is 2.00. The van der Waals surface area contributed by atoms with Crippen LogP contribution in [-0.4, -0.2) is 21.1 Å². The minimum absolute atomic E-state index is 0.0212. The molecule has 0 aromatic heterocycles. The topological polar surface area (TPSA) is 64.6 Å². The SMILES string of the molecule is CCOc1cc2c(cc1NS(=O)(=O)c1ccccc1F)OC(C)C2. The first-order valence-electron chi connectivity index (χ1n) is 7.64. The summed E-state index contributed by atoms with van der Waals surface area (Å²) in [7, 11) is -4.08. The Hall–Kier alpha value is -2.28. The fourth-order valence-corrected chi connectivity index (χ4v) is 3.80. The Bertz CT molecular complexity index is 867. The summed E-state index contributed by atoms with van der Waals surface area (Å²) in [5, 5.41) is 0. The lowest BCUT2D eigenvalue weighted by atomic mass is 10.1. The predicted molar refractivity (Wildman–Crippen MR) is 88.6 cm³/mol. The zero-order chi connectivity index (χ0) is 17.3. The summed E-state index contributed by atoms with van der Waals surface area (Å²) < 4.78 is 52.4. The third-order valence-corrected chi connectivity index (χ3v) is 5.07. The summed E-state index contributed by atoms with van der Waals surface area (Å²) in [6.07, 6.45) is 0.753. The lowest BCUT2D eigenvalue weighted by molar-refractivity contribution is 0.254. The van der Waals surface area contributed by atoms with Crippen molar-refractivity contribution in [3.63, 3.8) is 0 Å². The third kappa shape index (κ3) is 3.17. The Kier molecular flexibility index (Phi) is 4.36. The Morgan fingerprint density at radius 2 is 2.08 bits per heavy atom. The minimum Gasteiger partial charge on any atom is -0.492 e. The molecule has 1 heterocycles. The average Bonchev–Trinajstić information content (AvgIpc) is 2.86. The van der Waals surface area contributed by atoms with Crippen LogP contribution in [0, 0.1) is 5.82 Å². The second-order valence-electron chi connectivity index (χ2n) is 5.56. The number of anilines is 1. The molecule has 0 aliphatic carbocycles. The van der Waals surface area contributed by atoms with Crippen molar-refractivity contribution in [2.45, 2.75) is 31.3 Å². The molecule has 1 aliphatic heterocycles. The zero-order valence-electron chi connectivity index (χ0n) is 13.4. The van der Waals surface area contributed by atoms with E-state index in [0.29, 0.717) is 18.1 Å². The predicted octanol–water partition coefficient (Wildman–Crippen LogP) is 3.35. The number of benzene rings is 2. The van der Waals surface area contributed by atoms with Gasteiger partial charge in [-0.25, -0.2) is 12.8 Å². The second-order valence-corrected chi connectivity index (χ2v) is 7.21. The molecule has 0 saturated heterocycles. The Labute approximate surface area is 140 Å². The van der Waals surface area contributed by atoms with Crippen molar-refractivity contribution in [1.82, 2.24) is 0 Å². The molecule has 128 valence electrons. The highest BCUT2D eigenvalue weighted by Gasteiger charge is 2.25. The molecule has 7 heteroatoms. The Morgan fingerprint density at radius 1 is 1.33 bits per heavy atom. The van der Waals surface area contributed by atoms with Gasteiger partial charge in [0.1, 0.15) is 28.3 Å². The number of hydrogen-bond donors (Lipinski definition) is 1. The molecule has 0 amide bonds. The molecule has 0 bridgehead atoms. The third-order valence-electron chi connectivity index (χ3n) is 3.67. The summed E-state index contributed by atoms with van der Waals surface area (Å²) in [6.45, 7) is 4.12. The van der Waals surface area contributed by atoms with Crippen LogP contribution in [0.15, 0.2) is 41.3 Å². The number of nitrogens with one attached hydrogen (secondary N) is 1. The van der Waals surface area contributed by atoms with Crippen LogP contribution in [-0.2, 0) is 16.4 Å². The van der Waals surface area contributed by atoms with E-state index in [1.165, 1.54) is 18.2 Å². The maximum atomic E-state index is 13.8. The van der Waals surface area contributed by atoms with E-state index < -0.39 is 20.7 Å². The molecule has 0 radical (unpaired) electrons. The van der Waals surface area contributed by atoms with Crippen molar-refractivity contribution in [3.8, 4) is 11.5 Å². The van der Waals surface area contributed by atoms with Crippen molar-refractivity contribution in [3.05, 3.63) is 47.8 Å². The smallest absolute Gasteiger partial charge is 0.264 e. The summed E-state index contributed by atoms with van der Waals surface area (Å²) in [5.74, 6) is 0.194. The van der Waals surface area contributed by atoms with E-state index in [9.17, 15) is 12.8 Å². The van der Waals surface area contributed by atoms with Crippen LogP contribution in [0.1, 0.15) is 19.4 Å². The van der Waals surface area contributed by atoms with Crippen LogP contribution >= 0.6 is 0 Å². The lowest BCUT2D eigenvalue weighted by Crippen LogP contribution is -2.15. The van der Waals surface area contributed by atoms with Crippen LogP contribution in [0.25, 0.3) is 0 Å². The van der Waals surface area contributed by atoms with Gasteiger partial charge in [-0.2, -0.15) is 0 Å². The van der Waals surface area contributed by atoms with Gasteiger partial charge in [-0.15, -0.1) is 0 Å². The lowest BCUT2D eigenvalue weighted by Gasteiger charge is -2.15. The van der Waals surface area contributed by atoms with E-state index in [1.807, 2.05) is 13.8 Å². The second kappa shape index (κ2) is 6.32. The van der Waals surface area contributed by atoms with Crippen LogP contribution in [0.4, 0.5) is 10.1 Å². The summed E-state index contributed by atoms with van der Waals surface area (Å²) in [5.41, 5.74) is 1.19. The number of sulfonamides is 1. The van der Waals surface area contributed by atoms with E-state index in [4.69, 9.17) is 9.47 Å². The van der Waals surface area contributed by atoms with E-state index in [1.54, 1.807) is 12.1 Å². The molecule has 24 heavy (non-hydrogen) atoms. The summed E-state index contributed by atoms with van der Waals surface area (Å²) in [6, 6.07) is 8.57. The molecule has 3 rings (SSSR count). The van der Waals surface area contributed by atoms with Gasteiger partial charge >= 0.3 is 0 Å². The largest absolute Gasteiger partial charge is 0.492 e. The standard InChI is InChI=1S/C17H18FNO4S/c1-3-22-16-9-12-8-11(2)23-15(12)10-14(16)19-24(20,21)17-7-5-4-6-13(17)18/h4-7,9-11,19H,3,8H2,1-2H3. The van der Waals surface area contributed by atoms with Crippen molar-refractivity contribution >= 4 is 15.7 Å². The van der Waals surface area contributed by atoms with E-state index in [0.717, 1.165) is 18.1 Å². The summed E-state index contributed by atoms with van der Waals surface area (Å²) >= 11 is 0. The summed E-state index contributed by atoms with van der Waals surface area (Å²) in [4.78, 5) is -0.415. The quantitative estimate of drug-likeness (QED) is 0.897. The number of rotatable bonds is 5. The molecule has 1 unspecified atom stereocenters. The van der Waals surface area contributed by atoms with Crippen LogP contribution < -0.4 is 14.2 Å². The normalized spacial score (nSPS) is 16.4. The molecule has 1 atom stereocenters. The van der Waals surface area contributed by atoms with Crippen molar-refractivity contribution in [2.75, 3.05) is 11.3 Å². The molecular formula is C17H18FNO4S. The Morgan fingerprint density at radius 3 is 2.79 bits per heavy atom. The first-order valence-corrected chi connectivity index (χ1v) is 9.12. The molecular weight excluding hydrogens is 333 g/mol. The van der Waals surface area contributed by atoms with Crippen molar-refractivity contribution in [1.29, 1.82) is 0 Å². The monoisotopic (exact) mass is 351 g/mol. The molecule has 1 N–H and O–H groups in total. The van der Waals surface area contributed by atoms with E-state index in [2.05, 4.69) is 4.72 Å². The van der Waals surface area contributed by atoms with Crippen molar-refractivity contribution in [2.24, 2.45) is 0 Å². The molecule has 0 saturated carbocycles. The maximum Gasteiger partial charge on any atom is 0.264 e. The molecule has 0 spiro atoms. The number of ether oxygens (including phenoxy) is 2. The number of fused-ring (bicyclic) bond motifs is 1. The average molecular weight is 351 g/mol. The molecule has 2 aromatic rings. The first-order chi connectivity index (χ1) is 11.4. The van der Waals surface area contributed by atoms with Gasteiger partial charge in [-0.1, -0.05) is 12.1 Å². The fraction of sp³-hybridized carbons (Fsp3) is 0.294. The van der Waals surface area contributed by atoms with Crippen LogP contribution in [0.2, 0.25) is 0 Å². The van der Waals surface area contributed by atoms with Gasteiger partial charge in [0.25, 0.3) is 10.0 Å². The van der Waals surface area contributed by atoms with Gasteiger partial charge in [0.05, 0.1) is 12.3 Å². The van der Waals surface area contributed by atoms with Gasteiger partial charge in [0.2, 0.25) is 0 Å². The van der Waals surface area contributed by atoms with Gasteiger partial charge < -0.3 is 9.47 Å². The highest BCUT2D eigenvalue weighted by Crippen LogP contribution is 2.39. The minimum atomic E-state index is -4.08. The molecule has 0 fully saturated rings.